The van der Waals surface area contributed by atoms with E-state index >= 15 is 0 Å². The van der Waals surface area contributed by atoms with Crippen LogP contribution in [0.25, 0.3) is 0 Å². The zero-order valence-corrected chi connectivity index (χ0v) is 18.5. The lowest BCUT2D eigenvalue weighted by molar-refractivity contribution is 0.0715. The quantitative estimate of drug-likeness (QED) is 0.734. The highest BCUT2D eigenvalue weighted by molar-refractivity contribution is 5.96. The van der Waals surface area contributed by atoms with Crippen molar-refractivity contribution in [2.24, 2.45) is 5.92 Å². The van der Waals surface area contributed by atoms with Gasteiger partial charge in [-0.3, -0.25) is 4.79 Å². The molecule has 1 N–H and O–H groups in total. The number of hydrogen-bond acceptors (Lipinski definition) is 3. The molecule has 3 saturated heterocycles. The third kappa shape index (κ3) is 3.92. The van der Waals surface area contributed by atoms with Crippen LogP contribution in [0.15, 0.2) is 42.5 Å². The van der Waals surface area contributed by atoms with Crippen LogP contribution in [0.4, 0.5) is 9.18 Å². The monoisotopic (exact) mass is 435 g/mol. The molecule has 0 spiro atoms. The largest absolute Gasteiger partial charge is 0.334 e. The Morgan fingerprint density at radius 1 is 1.06 bits per heavy atom. The molecule has 0 saturated carbocycles. The second-order valence-electron chi connectivity index (χ2n) is 9.28. The number of nitrogens with zero attached hydrogens (tertiary/aromatic N) is 2. The van der Waals surface area contributed by atoms with E-state index in [1.165, 1.54) is 12.1 Å². The molecule has 4 heterocycles. The molecule has 32 heavy (non-hydrogen) atoms. The molecule has 5 nitrogen and oxygen atoms in total. The minimum atomic E-state index is -0.343. The molecule has 2 atom stereocenters. The summed E-state index contributed by atoms with van der Waals surface area (Å²) in [7, 11) is 0. The van der Waals surface area contributed by atoms with Crippen LogP contribution >= 0.6 is 0 Å². The molecular weight excluding hydrogens is 405 g/mol. The molecule has 0 aromatic heterocycles. The fourth-order valence-corrected chi connectivity index (χ4v) is 5.59. The van der Waals surface area contributed by atoms with Gasteiger partial charge in [0.15, 0.2) is 5.78 Å². The fraction of sp³-hybridized carbons (Fsp3) is 0.462. The van der Waals surface area contributed by atoms with E-state index in [2.05, 4.69) is 10.2 Å². The lowest BCUT2D eigenvalue weighted by Gasteiger charge is -2.46. The van der Waals surface area contributed by atoms with Crippen molar-refractivity contribution in [3.05, 3.63) is 70.5 Å². The van der Waals surface area contributed by atoms with E-state index in [-0.39, 0.29) is 29.7 Å². The number of rotatable bonds is 4. The normalized spacial score (nSPS) is 26.5. The number of ketones is 1. The minimum Gasteiger partial charge on any atom is -0.334 e. The molecule has 2 aromatic rings. The van der Waals surface area contributed by atoms with Gasteiger partial charge in [0.2, 0.25) is 0 Å². The predicted molar refractivity (Wildman–Crippen MR) is 121 cm³/mol. The van der Waals surface area contributed by atoms with Crippen LogP contribution in [-0.2, 0) is 6.42 Å². The molecule has 2 aromatic carbocycles. The van der Waals surface area contributed by atoms with E-state index < -0.39 is 0 Å². The first-order valence-corrected chi connectivity index (χ1v) is 11.7. The van der Waals surface area contributed by atoms with Gasteiger partial charge in [-0.2, -0.15) is 0 Å². The van der Waals surface area contributed by atoms with Gasteiger partial charge in [-0.05, 0) is 73.2 Å². The number of benzene rings is 2. The van der Waals surface area contributed by atoms with Gasteiger partial charge in [0.1, 0.15) is 5.82 Å². The van der Waals surface area contributed by atoms with Crippen LogP contribution in [0, 0.1) is 11.7 Å². The Bertz CT molecular complexity index is 1010. The third-order valence-electron chi connectivity index (χ3n) is 7.43. The second-order valence-corrected chi connectivity index (χ2v) is 9.28. The van der Waals surface area contributed by atoms with Gasteiger partial charge in [0, 0.05) is 31.1 Å². The summed E-state index contributed by atoms with van der Waals surface area (Å²) in [6.45, 7) is 5.61. The molecule has 2 bridgehead atoms. The number of nitrogens with one attached hydrogen (secondary N) is 1. The molecule has 2 amide bonds. The number of Topliss-reactive ketones (excluding diaryl/α,β-unsaturated/α-hetero) is 1. The van der Waals surface area contributed by atoms with Crippen LogP contribution in [0.1, 0.15) is 59.3 Å². The third-order valence-corrected chi connectivity index (χ3v) is 7.43. The second kappa shape index (κ2) is 8.66. The molecular formula is C26H30FN3O2. The number of carbonyl (C=O) groups excluding carboxylic acids is 2. The Hall–Kier alpha value is -2.73. The van der Waals surface area contributed by atoms with Crippen LogP contribution < -0.4 is 5.32 Å². The van der Waals surface area contributed by atoms with Crippen LogP contribution in [0.3, 0.4) is 0 Å². The van der Waals surface area contributed by atoms with Crippen molar-refractivity contribution in [3.8, 4) is 0 Å². The number of urea groups is 1. The first kappa shape index (κ1) is 21.1. The summed E-state index contributed by atoms with van der Waals surface area (Å²) in [6.07, 6.45) is 3.44. The number of amides is 2. The summed E-state index contributed by atoms with van der Waals surface area (Å²) in [5.74, 6) is 0.321. The molecule has 0 unspecified atom stereocenters. The number of carbonyl (C=O) groups is 2. The summed E-state index contributed by atoms with van der Waals surface area (Å²) in [6, 6.07) is 12.0. The van der Waals surface area contributed by atoms with Gasteiger partial charge in [0.25, 0.3) is 0 Å². The molecule has 4 aliphatic rings. The zero-order valence-electron chi connectivity index (χ0n) is 18.5. The lowest BCUT2D eigenvalue weighted by Crippen LogP contribution is -2.59. The molecule has 6 heteroatoms. The van der Waals surface area contributed by atoms with Gasteiger partial charge in [0.05, 0.1) is 6.04 Å². The highest BCUT2D eigenvalue weighted by Crippen LogP contribution is 2.37. The average molecular weight is 436 g/mol. The Morgan fingerprint density at radius 3 is 2.47 bits per heavy atom. The standard InChI is InChI=1S/C26H30FN3O2/c1-2-24(31)20-4-3-17-11-14-30(25(22(17)15-20)19-5-7-21(27)8-6-19)26(32)28-23-16-29-12-9-18(23)10-13-29/h3-8,15,18,23,25H,2,9-14,16H2,1H3,(H,28,32)/t23-,25+/m1/s1. The van der Waals surface area contributed by atoms with Crippen LogP contribution in [0.2, 0.25) is 0 Å². The number of hydrogen-bond donors (Lipinski definition) is 1. The molecule has 168 valence electrons. The number of fused-ring (bicyclic) bond motifs is 4. The van der Waals surface area contributed by atoms with Crippen LogP contribution in [0.5, 0.6) is 0 Å². The SMILES string of the molecule is CCC(=O)c1ccc2c(c1)[C@H](c1ccc(F)cc1)N(C(=O)N[C@@H]1CN3CCC1CC3)CC2. The van der Waals surface area contributed by atoms with Gasteiger partial charge in [-0.25, -0.2) is 9.18 Å². The van der Waals surface area contributed by atoms with Crippen molar-refractivity contribution in [1.29, 1.82) is 0 Å². The van der Waals surface area contributed by atoms with Crippen molar-refractivity contribution >= 4 is 11.8 Å². The first-order chi connectivity index (χ1) is 15.5. The van der Waals surface area contributed by atoms with Crippen molar-refractivity contribution in [2.75, 3.05) is 26.2 Å². The molecule has 4 aliphatic heterocycles. The lowest BCUT2D eigenvalue weighted by atomic mass is 9.84. The van der Waals surface area contributed by atoms with Gasteiger partial charge in [-0.15, -0.1) is 0 Å². The minimum absolute atomic E-state index is 0.0732. The Morgan fingerprint density at radius 2 is 1.81 bits per heavy atom. The topological polar surface area (TPSA) is 52.7 Å². The van der Waals surface area contributed by atoms with Gasteiger partial charge < -0.3 is 15.1 Å². The van der Waals surface area contributed by atoms with Gasteiger partial charge in [-0.1, -0.05) is 31.2 Å². The predicted octanol–water partition coefficient (Wildman–Crippen LogP) is 4.17. The molecule has 0 aliphatic carbocycles. The fourth-order valence-electron chi connectivity index (χ4n) is 5.59. The first-order valence-electron chi connectivity index (χ1n) is 11.7. The summed E-state index contributed by atoms with van der Waals surface area (Å²) in [5.41, 5.74) is 3.63. The summed E-state index contributed by atoms with van der Waals surface area (Å²) in [4.78, 5) is 30.2. The highest BCUT2D eigenvalue weighted by atomic mass is 19.1. The maximum absolute atomic E-state index is 13.7. The highest BCUT2D eigenvalue weighted by Gasteiger charge is 2.38. The van der Waals surface area contributed by atoms with Crippen molar-refractivity contribution in [1.82, 2.24) is 15.1 Å². The maximum atomic E-state index is 13.7. The maximum Gasteiger partial charge on any atom is 0.318 e. The van der Waals surface area contributed by atoms with E-state index in [4.69, 9.17) is 0 Å². The molecule has 0 radical (unpaired) electrons. The van der Waals surface area contributed by atoms with Crippen molar-refractivity contribution in [2.45, 2.75) is 44.7 Å². The van der Waals surface area contributed by atoms with Crippen LogP contribution in [-0.4, -0.2) is 53.8 Å². The Labute approximate surface area is 188 Å². The average Bonchev–Trinajstić information content (AvgIpc) is 2.83. The van der Waals surface area contributed by atoms with Gasteiger partial charge >= 0.3 is 6.03 Å². The van der Waals surface area contributed by atoms with E-state index in [9.17, 15) is 14.0 Å². The molecule has 6 rings (SSSR count). The Balaban J connectivity index is 1.48. The van der Waals surface area contributed by atoms with E-state index in [0.29, 0.717) is 24.4 Å². The smallest absolute Gasteiger partial charge is 0.318 e. The number of piperidine rings is 3. The zero-order chi connectivity index (χ0) is 22.2. The van der Waals surface area contributed by atoms with Crippen molar-refractivity contribution in [3.63, 3.8) is 0 Å². The Kier molecular flexibility index (Phi) is 5.72. The molecule has 3 fully saturated rings. The summed E-state index contributed by atoms with van der Waals surface area (Å²) >= 11 is 0. The number of halogens is 1. The summed E-state index contributed by atoms with van der Waals surface area (Å²) in [5, 5.41) is 3.31. The van der Waals surface area contributed by atoms with E-state index in [1.807, 2.05) is 30.0 Å². The van der Waals surface area contributed by atoms with E-state index in [1.54, 1.807) is 12.1 Å². The summed E-state index contributed by atoms with van der Waals surface area (Å²) < 4.78 is 13.7. The van der Waals surface area contributed by atoms with Crippen molar-refractivity contribution < 1.29 is 14.0 Å². The van der Waals surface area contributed by atoms with E-state index in [0.717, 1.165) is 55.6 Å².